The minimum absolute atomic E-state index is 0.0993. The molecule has 0 atom stereocenters. The predicted molar refractivity (Wildman–Crippen MR) is 61.1 cm³/mol. The molecule has 10 heteroatoms. The minimum Gasteiger partial charge on any atom is -0.461 e. The van der Waals surface area contributed by atoms with E-state index in [1.54, 1.807) is 6.92 Å². The number of nitro groups is 1. The van der Waals surface area contributed by atoms with Gasteiger partial charge in [-0.05, 0) is 13.8 Å². The fraction of sp³-hybridized carbons (Fsp3) is 0.500. The summed E-state index contributed by atoms with van der Waals surface area (Å²) in [7, 11) is 0. The lowest BCUT2D eigenvalue weighted by atomic mass is 10.2. The standard InChI is InChI=1S/C8H13N5O5/c1-3-18-7(15)6(4-5(2)14)10-11-8(9)12-13(16)17/h3-4H2,1-2H3,(H3,9,11,12)/b10-6+. The molecule has 0 bridgehead atoms. The zero-order chi connectivity index (χ0) is 14.1. The van der Waals surface area contributed by atoms with E-state index in [-0.39, 0.29) is 24.5 Å². The van der Waals surface area contributed by atoms with Crippen LogP contribution < -0.4 is 11.2 Å². The Balaban J connectivity index is 4.89. The average molecular weight is 259 g/mol. The highest BCUT2D eigenvalue weighted by atomic mass is 16.7. The van der Waals surface area contributed by atoms with Crippen molar-refractivity contribution in [3.8, 4) is 0 Å². The Morgan fingerprint density at radius 3 is 2.50 bits per heavy atom. The molecule has 0 heterocycles. The summed E-state index contributed by atoms with van der Waals surface area (Å²) >= 11 is 0. The highest BCUT2D eigenvalue weighted by molar-refractivity contribution is 6.39. The van der Waals surface area contributed by atoms with Crippen molar-refractivity contribution < 1.29 is 19.4 Å². The molecule has 0 aromatic carbocycles. The number of hydrogen-bond acceptors (Lipinski definition) is 7. The number of hydrogen-bond donors (Lipinski definition) is 2. The first-order valence-corrected chi connectivity index (χ1v) is 4.84. The lowest BCUT2D eigenvalue weighted by Gasteiger charge is -2.02. The molecule has 0 spiro atoms. The Bertz CT molecular complexity index is 403. The zero-order valence-corrected chi connectivity index (χ0v) is 9.87. The number of hydrazine groups is 1. The van der Waals surface area contributed by atoms with Gasteiger partial charge in [-0.3, -0.25) is 4.79 Å². The van der Waals surface area contributed by atoms with Crippen molar-refractivity contribution in [3.05, 3.63) is 10.1 Å². The van der Waals surface area contributed by atoms with Gasteiger partial charge in [0.15, 0.2) is 10.7 Å². The third-order valence-corrected chi connectivity index (χ3v) is 1.41. The molecule has 0 rings (SSSR count). The molecule has 0 unspecified atom stereocenters. The number of rotatable bonds is 6. The fourth-order valence-corrected chi connectivity index (χ4v) is 0.829. The van der Waals surface area contributed by atoms with E-state index in [0.717, 1.165) is 0 Å². The van der Waals surface area contributed by atoms with Gasteiger partial charge in [0.25, 0.3) is 5.96 Å². The number of ketones is 1. The topological polar surface area (TPSA) is 149 Å². The van der Waals surface area contributed by atoms with Crippen LogP contribution in [-0.4, -0.2) is 35.1 Å². The van der Waals surface area contributed by atoms with Crippen LogP contribution in [0.3, 0.4) is 0 Å². The normalized spacial score (nSPS) is 11.9. The van der Waals surface area contributed by atoms with Crippen LogP contribution in [-0.2, 0) is 14.3 Å². The highest BCUT2D eigenvalue weighted by Gasteiger charge is 2.15. The van der Waals surface area contributed by atoms with E-state index in [9.17, 15) is 19.7 Å². The Morgan fingerprint density at radius 2 is 2.06 bits per heavy atom. The van der Waals surface area contributed by atoms with Gasteiger partial charge in [0.2, 0.25) is 0 Å². The summed E-state index contributed by atoms with van der Waals surface area (Å²) in [4.78, 5) is 32.2. The Labute approximate surface area is 102 Å². The van der Waals surface area contributed by atoms with Gasteiger partial charge in [0.1, 0.15) is 5.78 Å². The monoisotopic (exact) mass is 259 g/mol. The van der Waals surface area contributed by atoms with Gasteiger partial charge in [-0.1, -0.05) is 5.43 Å². The molecule has 0 aromatic rings. The molecule has 0 aromatic heterocycles. The number of guanidine groups is 1. The number of nitrogens with one attached hydrogen (secondary N) is 1. The number of esters is 1. The van der Waals surface area contributed by atoms with Gasteiger partial charge in [-0.25, -0.2) is 14.9 Å². The molecule has 3 N–H and O–H groups in total. The number of carbonyl (C=O) groups excluding carboxylic acids is 2. The molecule has 0 fully saturated rings. The number of carbonyl (C=O) groups is 2. The molecule has 0 saturated carbocycles. The average Bonchev–Trinajstić information content (AvgIpc) is 2.22. The maximum atomic E-state index is 11.3. The minimum atomic E-state index is -0.941. The van der Waals surface area contributed by atoms with E-state index < -0.39 is 17.0 Å². The maximum absolute atomic E-state index is 11.3. The van der Waals surface area contributed by atoms with Crippen molar-refractivity contribution in [1.29, 1.82) is 0 Å². The van der Waals surface area contributed by atoms with Crippen LogP contribution in [0.15, 0.2) is 10.2 Å². The van der Waals surface area contributed by atoms with E-state index >= 15 is 0 Å². The maximum Gasteiger partial charge on any atom is 0.355 e. The van der Waals surface area contributed by atoms with E-state index in [4.69, 9.17) is 5.73 Å². The van der Waals surface area contributed by atoms with Gasteiger partial charge >= 0.3 is 5.97 Å². The second kappa shape index (κ2) is 7.70. The van der Waals surface area contributed by atoms with Crippen LogP contribution >= 0.6 is 0 Å². The van der Waals surface area contributed by atoms with Crippen LogP contribution in [0.25, 0.3) is 0 Å². The number of ether oxygens (including phenoxy) is 1. The van der Waals surface area contributed by atoms with Crippen LogP contribution in [0, 0.1) is 10.1 Å². The predicted octanol–water partition coefficient (Wildman–Crippen LogP) is -1.02. The first-order valence-electron chi connectivity index (χ1n) is 4.84. The summed E-state index contributed by atoms with van der Waals surface area (Å²) in [5.41, 5.74) is 6.33. The largest absolute Gasteiger partial charge is 0.461 e. The smallest absolute Gasteiger partial charge is 0.355 e. The summed E-state index contributed by atoms with van der Waals surface area (Å²) in [6.07, 6.45) is -0.298. The SMILES string of the molecule is CCOC(=O)/C(CC(C)=O)=N/N=C(\N)N[N+](=O)[O-]. The number of Topliss-reactive ketones (excluding diaryl/α,β-unsaturated/α-hetero) is 1. The van der Waals surface area contributed by atoms with Crippen LogP contribution in [0.2, 0.25) is 0 Å². The third-order valence-electron chi connectivity index (χ3n) is 1.41. The zero-order valence-electron chi connectivity index (χ0n) is 9.87. The van der Waals surface area contributed by atoms with Gasteiger partial charge in [-0.2, -0.15) is 0 Å². The lowest BCUT2D eigenvalue weighted by Crippen LogP contribution is -2.35. The second-order valence-corrected chi connectivity index (χ2v) is 3.00. The van der Waals surface area contributed by atoms with E-state index in [2.05, 4.69) is 14.9 Å². The molecule has 0 amide bonds. The molecule has 18 heavy (non-hydrogen) atoms. The molecule has 10 nitrogen and oxygen atoms in total. The number of nitrogens with zero attached hydrogens (tertiary/aromatic N) is 3. The van der Waals surface area contributed by atoms with Crippen molar-refractivity contribution in [2.45, 2.75) is 20.3 Å². The molecule has 0 radical (unpaired) electrons. The van der Waals surface area contributed by atoms with Crippen molar-refractivity contribution in [3.63, 3.8) is 0 Å². The van der Waals surface area contributed by atoms with Crippen molar-refractivity contribution in [2.24, 2.45) is 15.9 Å². The molecule has 0 saturated heterocycles. The van der Waals surface area contributed by atoms with Crippen molar-refractivity contribution in [1.82, 2.24) is 5.43 Å². The third kappa shape index (κ3) is 6.87. The van der Waals surface area contributed by atoms with E-state index in [1.807, 2.05) is 0 Å². The first-order chi connectivity index (χ1) is 8.36. The molecule has 0 aliphatic heterocycles. The van der Waals surface area contributed by atoms with Gasteiger partial charge < -0.3 is 10.5 Å². The summed E-state index contributed by atoms with van der Waals surface area (Å²) < 4.78 is 4.63. The Kier molecular flexibility index (Phi) is 6.63. The van der Waals surface area contributed by atoms with Gasteiger partial charge in [0, 0.05) is 0 Å². The molecule has 100 valence electrons. The summed E-state index contributed by atoms with van der Waals surface area (Å²) in [5.74, 6) is -1.78. The molecule has 0 aliphatic rings. The summed E-state index contributed by atoms with van der Waals surface area (Å²) in [6, 6.07) is 0. The molecule has 0 aliphatic carbocycles. The van der Waals surface area contributed by atoms with Crippen LogP contribution in [0.5, 0.6) is 0 Å². The quantitative estimate of drug-likeness (QED) is 0.204. The summed E-state index contributed by atoms with van der Waals surface area (Å²) in [6.45, 7) is 2.92. The summed E-state index contributed by atoms with van der Waals surface area (Å²) in [5, 5.41) is 15.6. The van der Waals surface area contributed by atoms with E-state index in [1.165, 1.54) is 12.3 Å². The first kappa shape index (κ1) is 15.5. The number of nitrogens with two attached hydrogens (primary N) is 1. The Hall–Kier alpha value is -2.52. The highest BCUT2D eigenvalue weighted by Crippen LogP contribution is 1.94. The second-order valence-electron chi connectivity index (χ2n) is 3.00. The van der Waals surface area contributed by atoms with Crippen molar-refractivity contribution >= 4 is 23.4 Å². The molecular formula is C8H13N5O5. The van der Waals surface area contributed by atoms with Crippen LogP contribution in [0.4, 0.5) is 0 Å². The van der Waals surface area contributed by atoms with E-state index in [0.29, 0.717) is 0 Å². The Morgan fingerprint density at radius 1 is 1.44 bits per heavy atom. The lowest BCUT2D eigenvalue weighted by molar-refractivity contribution is -0.525. The molecular weight excluding hydrogens is 246 g/mol. The van der Waals surface area contributed by atoms with Gasteiger partial charge in [-0.15, -0.1) is 10.2 Å². The fourth-order valence-electron chi connectivity index (χ4n) is 0.829. The van der Waals surface area contributed by atoms with Crippen LogP contribution in [0.1, 0.15) is 20.3 Å². The van der Waals surface area contributed by atoms with Crippen molar-refractivity contribution in [2.75, 3.05) is 6.61 Å². The van der Waals surface area contributed by atoms with Gasteiger partial charge in [0.05, 0.1) is 13.0 Å².